The molecular formula is C40H45ClN8O5. The van der Waals surface area contributed by atoms with E-state index in [1.807, 2.05) is 24.3 Å². The molecule has 7 rings (SSSR count). The number of nitrogens with zero attached hydrogens (tertiary/aromatic N) is 5. The van der Waals surface area contributed by atoms with E-state index in [1.54, 1.807) is 35.4 Å². The van der Waals surface area contributed by atoms with E-state index in [9.17, 15) is 24.4 Å². The smallest absolute Gasteiger partial charge is 0.255 e. The Hall–Kier alpha value is -5.19. The van der Waals surface area contributed by atoms with Crippen LogP contribution in [0.3, 0.4) is 0 Å². The highest BCUT2D eigenvalue weighted by atomic mass is 35.5. The normalized spacial score (nSPS) is 23.2. The lowest BCUT2D eigenvalue weighted by Crippen LogP contribution is -2.74. The maximum atomic E-state index is 13.4. The zero-order valence-electron chi connectivity index (χ0n) is 30.9. The number of hydrogen-bond donors (Lipinski definition) is 3. The standard InChI is InChI=1S/C40H45ClN8O5/c1-39(2)37(40(3,4)38(39)54-26-10-8-24(21-42)29(41)20-26)46-34(51)25-9-12-32(44-22-25)48-18-16-47(17-19-48)15-14-43-30-7-5-6-27-28(30)23-49(36(27)53)31-11-13-33(50)45-35(31)52/h5-10,12,20,22,31,37-38,43H,11,13-19,23H2,1-4H3,(H,46,51)(H,45,50,52)/t31?,37-,38-. The summed E-state index contributed by atoms with van der Waals surface area (Å²) in [6.07, 6.45) is 2.00. The molecule has 14 heteroatoms. The lowest BCUT2D eigenvalue weighted by molar-refractivity contribution is -0.164. The molecule has 3 N–H and O–H groups in total. The van der Waals surface area contributed by atoms with Crippen molar-refractivity contribution in [1.29, 1.82) is 5.26 Å². The number of ether oxygens (including phenoxy) is 1. The van der Waals surface area contributed by atoms with Crippen LogP contribution in [-0.4, -0.2) is 95.9 Å². The van der Waals surface area contributed by atoms with Crippen molar-refractivity contribution in [2.24, 2.45) is 10.8 Å². The molecule has 1 atom stereocenters. The van der Waals surface area contributed by atoms with Crippen molar-refractivity contribution in [3.8, 4) is 11.8 Å². The number of piperidine rings is 1. The number of hydrogen-bond acceptors (Lipinski definition) is 10. The predicted octanol–water partition coefficient (Wildman–Crippen LogP) is 4.21. The molecule has 3 fully saturated rings. The molecule has 4 heterocycles. The van der Waals surface area contributed by atoms with E-state index in [4.69, 9.17) is 16.3 Å². The number of piperazine rings is 1. The second-order valence-electron chi connectivity index (χ2n) is 15.7. The number of pyridine rings is 1. The molecule has 13 nitrogen and oxygen atoms in total. The van der Waals surface area contributed by atoms with E-state index in [2.05, 4.69) is 64.5 Å². The van der Waals surface area contributed by atoms with Crippen LogP contribution in [0.25, 0.3) is 0 Å². The Labute approximate surface area is 320 Å². The number of anilines is 2. The van der Waals surface area contributed by atoms with Gasteiger partial charge in [-0.1, -0.05) is 45.4 Å². The Bertz CT molecular complexity index is 2000. The minimum atomic E-state index is -0.640. The van der Waals surface area contributed by atoms with E-state index in [1.165, 1.54) is 0 Å². The SMILES string of the molecule is CC1(C)[C@H](NC(=O)c2ccc(N3CCN(CCNc4cccc5c4CN(C4CCC(=O)NC4=O)C5=O)CC3)nc2)C(C)(C)[C@H]1Oc1ccc(C#N)c(Cl)c1. The Morgan fingerprint density at radius 3 is 2.48 bits per heavy atom. The number of rotatable bonds is 10. The first kappa shape index (κ1) is 37.1. The van der Waals surface area contributed by atoms with Gasteiger partial charge in [-0.3, -0.25) is 29.4 Å². The molecule has 282 valence electrons. The van der Waals surface area contributed by atoms with Crippen LogP contribution in [0.1, 0.15) is 72.4 Å². The summed E-state index contributed by atoms with van der Waals surface area (Å²) in [5, 5.41) is 18.6. The van der Waals surface area contributed by atoms with Crippen LogP contribution < -0.4 is 25.6 Å². The minimum Gasteiger partial charge on any atom is -0.489 e. The van der Waals surface area contributed by atoms with Crippen molar-refractivity contribution in [1.82, 2.24) is 25.4 Å². The molecule has 4 aliphatic rings. The Kier molecular flexibility index (Phi) is 10.0. The molecule has 0 bridgehead atoms. The summed E-state index contributed by atoms with van der Waals surface area (Å²) in [7, 11) is 0. The van der Waals surface area contributed by atoms with Gasteiger partial charge in [0.1, 0.15) is 29.8 Å². The van der Waals surface area contributed by atoms with Crippen molar-refractivity contribution in [2.45, 2.75) is 65.3 Å². The van der Waals surface area contributed by atoms with E-state index in [0.717, 1.165) is 49.8 Å². The summed E-state index contributed by atoms with van der Waals surface area (Å²) in [6, 6.07) is 15.7. The van der Waals surface area contributed by atoms with E-state index >= 15 is 0 Å². The summed E-state index contributed by atoms with van der Waals surface area (Å²) in [5.74, 6) is 0.334. The summed E-state index contributed by atoms with van der Waals surface area (Å²) in [4.78, 5) is 61.5. The van der Waals surface area contributed by atoms with E-state index in [0.29, 0.717) is 47.0 Å². The predicted molar refractivity (Wildman–Crippen MR) is 203 cm³/mol. The first-order chi connectivity index (χ1) is 25.8. The van der Waals surface area contributed by atoms with Crippen LogP contribution in [-0.2, 0) is 16.1 Å². The highest BCUT2D eigenvalue weighted by molar-refractivity contribution is 6.31. The van der Waals surface area contributed by atoms with Gasteiger partial charge in [-0.25, -0.2) is 4.98 Å². The number of carbonyl (C=O) groups is 4. The van der Waals surface area contributed by atoms with Gasteiger partial charge < -0.3 is 25.2 Å². The van der Waals surface area contributed by atoms with Gasteiger partial charge in [0.2, 0.25) is 11.8 Å². The molecule has 2 saturated heterocycles. The van der Waals surface area contributed by atoms with Crippen LogP contribution in [0.15, 0.2) is 54.7 Å². The van der Waals surface area contributed by atoms with Crippen molar-refractivity contribution >= 4 is 46.7 Å². The van der Waals surface area contributed by atoms with Gasteiger partial charge in [0.15, 0.2) is 0 Å². The molecule has 4 amide bonds. The number of carbonyl (C=O) groups excluding carboxylic acids is 4. The molecule has 54 heavy (non-hydrogen) atoms. The van der Waals surface area contributed by atoms with Crippen LogP contribution in [0.2, 0.25) is 5.02 Å². The van der Waals surface area contributed by atoms with E-state index in [-0.39, 0.29) is 47.1 Å². The summed E-state index contributed by atoms with van der Waals surface area (Å²) >= 11 is 6.23. The second kappa shape index (κ2) is 14.6. The zero-order valence-corrected chi connectivity index (χ0v) is 31.7. The van der Waals surface area contributed by atoms with Crippen LogP contribution in [0, 0.1) is 22.2 Å². The number of benzene rings is 2. The zero-order chi connectivity index (χ0) is 38.4. The summed E-state index contributed by atoms with van der Waals surface area (Å²) < 4.78 is 6.36. The van der Waals surface area contributed by atoms with Gasteiger partial charge in [0.25, 0.3) is 11.8 Å². The maximum Gasteiger partial charge on any atom is 0.255 e. The number of imide groups is 1. The highest BCUT2D eigenvalue weighted by Gasteiger charge is 2.64. The number of fused-ring (bicyclic) bond motifs is 1. The number of nitrogens with one attached hydrogen (secondary N) is 3. The molecule has 1 saturated carbocycles. The van der Waals surface area contributed by atoms with Gasteiger partial charge in [0.05, 0.1) is 16.1 Å². The van der Waals surface area contributed by atoms with Crippen molar-refractivity contribution in [3.05, 3.63) is 82.0 Å². The van der Waals surface area contributed by atoms with Crippen molar-refractivity contribution in [2.75, 3.05) is 49.5 Å². The Balaban J connectivity index is 0.876. The lowest BCUT2D eigenvalue weighted by atomic mass is 9.49. The van der Waals surface area contributed by atoms with Gasteiger partial charge in [-0.05, 0) is 42.8 Å². The first-order valence-corrected chi connectivity index (χ1v) is 18.8. The maximum absolute atomic E-state index is 13.4. The molecule has 1 unspecified atom stereocenters. The van der Waals surface area contributed by atoms with Gasteiger partial charge >= 0.3 is 0 Å². The Morgan fingerprint density at radius 1 is 1.06 bits per heavy atom. The average Bonchev–Trinajstić information content (AvgIpc) is 3.49. The molecule has 1 aromatic heterocycles. The third kappa shape index (κ3) is 6.96. The fraction of sp³-hybridized carbons (Fsp3) is 0.450. The second-order valence-corrected chi connectivity index (χ2v) is 16.1. The molecule has 1 aliphatic carbocycles. The average molecular weight is 753 g/mol. The van der Waals surface area contributed by atoms with Crippen LogP contribution in [0.4, 0.5) is 11.5 Å². The largest absolute Gasteiger partial charge is 0.489 e. The summed E-state index contributed by atoms with van der Waals surface area (Å²) in [5.41, 5.74) is 2.49. The van der Waals surface area contributed by atoms with Crippen LogP contribution in [0.5, 0.6) is 5.75 Å². The first-order valence-electron chi connectivity index (χ1n) is 18.4. The highest BCUT2D eigenvalue weighted by Crippen LogP contribution is 2.55. The van der Waals surface area contributed by atoms with Crippen LogP contribution >= 0.6 is 11.6 Å². The molecule has 3 aromatic rings. The van der Waals surface area contributed by atoms with Crippen molar-refractivity contribution in [3.63, 3.8) is 0 Å². The van der Waals surface area contributed by atoms with Gasteiger partial charge in [-0.2, -0.15) is 5.26 Å². The lowest BCUT2D eigenvalue weighted by Gasteiger charge is -2.63. The third-order valence-electron chi connectivity index (χ3n) is 11.5. The Morgan fingerprint density at radius 2 is 1.81 bits per heavy atom. The quantitative estimate of drug-likeness (QED) is 0.256. The number of amides is 4. The van der Waals surface area contributed by atoms with Gasteiger partial charge in [-0.15, -0.1) is 0 Å². The van der Waals surface area contributed by atoms with Crippen molar-refractivity contribution < 1.29 is 23.9 Å². The fourth-order valence-electron chi connectivity index (χ4n) is 8.82. The van der Waals surface area contributed by atoms with Gasteiger partial charge in [0, 0.05) is 98.2 Å². The summed E-state index contributed by atoms with van der Waals surface area (Å²) in [6.45, 7) is 13.4. The topological polar surface area (TPSA) is 160 Å². The monoisotopic (exact) mass is 752 g/mol. The third-order valence-corrected chi connectivity index (χ3v) is 11.8. The molecule has 0 radical (unpaired) electrons. The molecule has 3 aliphatic heterocycles. The van der Waals surface area contributed by atoms with E-state index < -0.39 is 11.9 Å². The molecular weight excluding hydrogens is 708 g/mol. The molecule has 2 aromatic carbocycles. The fourth-order valence-corrected chi connectivity index (χ4v) is 9.03. The number of aromatic nitrogens is 1. The number of nitriles is 1. The minimum absolute atomic E-state index is 0.156. The number of halogens is 1. The molecule has 0 spiro atoms.